The van der Waals surface area contributed by atoms with Crippen molar-refractivity contribution in [1.29, 1.82) is 0 Å². The SMILES string of the molecule is Cn1nc(-c2ccncc2)cc1NC(=O)C(Cc1ccccc1)NCc1ccc(F)cn1. The fourth-order valence-electron chi connectivity index (χ4n) is 3.31. The first-order valence-electron chi connectivity index (χ1n) is 10.2. The molecule has 3 aromatic heterocycles. The summed E-state index contributed by atoms with van der Waals surface area (Å²) in [6.45, 7) is 0.332. The number of aromatic nitrogens is 4. The van der Waals surface area contributed by atoms with Gasteiger partial charge in [-0.05, 0) is 36.2 Å². The van der Waals surface area contributed by atoms with E-state index in [4.69, 9.17) is 0 Å². The van der Waals surface area contributed by atoms with Crippen molar-refractivity contribution in [2.45, 2.75) is 19.0 Å². The van der Waals surface area contributed by atoms with E-state index in [0.717, 1.165) is 16.8 Å². The maximum absolute atomic E-state index is 13.2. The number of rotatable bonds is 8. The van der Waals surface area contributed by atoms with Crippen LogP contribution in [0.5, 0.6) is 0 Å². The number of hydrogen-bond donors (Lipinski definition) is 2. The molecule has 7 nitrogen and oxygen atoms in total. The highest BCUT2D eigenvalue weighted by molar-refractivity contribution is 5.94. The van der Waals surface area contributed by atoms with Crippen LogP contribution in [0.2, 0.25) is 0 Å². The Morgan fingerprint density at radius 2 is 1.88 bits per heavy atom. The maximum Gasteiger partial charge on any atom is 0.243 e. The second-order valence-corrected chi connectivity index (χ2v) is 7.35. The van der Waals surface area contributed by atoms with Crippen molar-refractivity contribution in [1.82, 2.24) is 25.1 Å². The third kappa shape index (κ3) is 5.41. The zero-order valence-electron chi connectivity index (χ0n) is 17.6. The highest BCUT2D eigenvalue weighted by Crippen LogP contribution is 2.21. The molecule has 1 unspecified atom stereocenters. The van der Waals surface area contributed by atoms with Gasteiger partial charge in [0.15, 0.2) is 0 Å². The largest absolute Gasteiger partial charge is 0.310 e. The summed E-state index contributed by atoms with van der Waals surface area (Å²) in [5, 5.41) is 10.7. The maximum atomic E-state index is 13.2. The van der Waals surface area contributed by atoms with E-state index >= 15 is 0 Å². The Kier molecular flexibility index (Phi) is 6.62. The van der Waals surface area contributed by atoms with Crippen molar-refractivity contribution in [3.8, 4) is 11.3 Å². The molecule has 3 heterocycles. The van der Waals surface area contributed by atoms with Crippen LogP contribution in [0.25, 0.3) is 11.3 Å². The topological polar surface area (TPSA) is 84.7 Å². The number of nitrogens with zero attached hydrogens (tertiary/aromatic N) is 4. The van der Waals surface area contributed by atoms with Crippen molar-refractivity contribution >= 4 is 11.7 Å². The number of halogens is 1. The number of anilines is 1. The van der Waals surface area contributed by atoms with Crippen molar-refractivity contribution in [2.24, 2.45) is 7.05 Å². The Bertz CT molecular complexity index is 1160. The zero-order chi connectivity index (χ0) is 22.3. The van der Waals surface area contributed by atoms with E-state index in [0.29, 0.717) is 24.5 Å². The summed E-state index contributed by atoms with van der Waals surface area (Å²) in [4.78, 5) is 21.3. The minimum atomic E-state index is -0.525. The molecule has 0 fully saturated rings. The van der Waals surface area contributed by atoms with Gasteiger partial charge < -0.3 is 5.32 Å². The molecule has 1 aromatic carbocycles. The second-order valence-electron chi connectivity index (χ2n) is 7.35. The summed E-state index contributed by atoms with van der Waals surface area (Å²) in [6.07, 6.45) is 5.06. The molecule has 0 aliphatic carbocycles. The van der Waals surface area contributed by atoms with Gasteiger partial charge in [0.2, 0.25) is 5.91 Å². The van der Waals surface area contributed by atoms with Gasteiger partial charge in [0.05, 0.1) is 23.6 Å². The lowest BCUT2D eigenvalue weighted by Gasteiger charge is -2.18. The van der Waals surface area contributed by atoms with E-state index in [-0.39, 0.29) is 5.91 Å². The Hall–Kier alpha value is -3.91. The summed E-state index contributed by atoms with van der Waals surface area (Å²) >= 11 is 0. The van der Waals surface area contributed by atoms with Gasteiger partial charge in [-0.3, -0.25) is 24.8 Å². The number of aryl methyl sites for hydroxylation is 1. The molecule has 1 amide bonds. The van der Waals surface area contributed by atoms with Crippen molar-refractivity contribution in [3.63, 3.8) is 0 Å². The highest BCUT2D eigenvalue weighted by Gasteiger charge is 2.21. The lowest BCUT2D eigenvalue weighted by molar-refractivity contribution is -0.118. The molecule has 0 radical (unpaired) electrons. The minimum Gasteiger partial charge on any atom is -0.310 e. The molecule has 4 aromatic rings. The Morgan fingerprint density at radius 3 is 2.59 bits per heavy atom. The molecule has 8 heteroatoms. The third-order valence-corrected chi connectivity index (χ3v) is 5.02. The number of nitrogens with one attached hydrogen (secondary N) is 2. The van der Waals surface area contributed by atoms with Crippen molar-refractivity contribution in [3.05, 3.63) is 96.3 Å². The fourth-order valence-corrected chi connectivity index (χ4v) is 3.31. The number of benzene rings is 1. The summed E-state index contributed by atoms with van der Waals surface area (Å²) in [5.74, 6) is -0.00429. The molecule has 0 saturated heterocycles. The van der Waals surface area contributed by atoms with Crippen LogP contribution in [0.1, 0.15) is 11.3 Å². The predicted octanol–water partition coefficient (Wildman–Crippen LogP) is 3.36. The van der Waals surface area contributed by atoms with Gasteiger partial charge in [-0.15, -0.1) is 0 Å². The molecule has 162 valence electrons. The lowest BCUT2D eigenvalue weighted by Crippen LogP contribution is -2.42. The fraction of sp³-hybridized carbons (Fsp3) is 0.167. The van der Waals surface area contributed by atoms with Gasteiger partial charge in [-0.1, -0.05) is 30.3 Å². The zero-order valence-corrected chi connectivity index (χ0v) is 17.6. The first kappa shape index (κ1) is 21.3. The number of carbonyl (C=O) groups is 1. The molecule has 0 saturated carbocycles. The van der Waals surface area contributed by atoms with Gasteiger partial charge in [-0.2, -0.15) is 5.10 Å². The first-order valence-corrected chi connectivity index (χ1v) is 10.2. The molecular weight excluding hydrogens is 407 g/mol. The smallest absolute Gasteiger partial charge is 0.243 e. The van der Waals surface area contributed by atoms with Crippen LogP contribution in [-0.2, 0) is 24.8 Å². The Labute approximate surface area is 185 Å². The van der Waals surface area contributed by atoms with Crippen LogP contribution in [-0.4, -0.2) is 31.7 Å². The second kappa shape index (κ2) is 9.93. The third-order valence-electron chi connectivity index (χ3n) is 5.02. The molecule has 0 spiro atoms. The quantitative estimate of drug-likeness (QED) is 0.448. The Morgan fingerprint density at radius 1 is 1.09 bits per heavy atom. The molecule has 32 heavy (non-hydrogen) atoms. The van der Waals surface area contributed by atoms with E-state index in [2.05, 4.69) is 25.7 Å². The number of pyridine rings is 2. The average Bonchev–Trinajstić information content (AvgIpc) is 3.19. The van der Waals surface area contributed by atoms with Crippen LogP contribution in [0.4, 0.5) is 10.2 Å². The lowest BCUT2D eigenvalue weighted by atomic mass is 10.1. The standard InChI is InChI=1S/C24H23FN6O/c1-31-23(14-21(30-31)18-9-11-26-12-10-18)29-24(32)22(13-17-5-3-2-4-6-17)28-16-20-8-7-19(25)15-27-20/h2-12,14-15,22,28H,13,16H2,1H3,(H,29,32). The number of hydrogen-bond acceptors (Lipinski definition) is 5. The summed E-state index contributed by atoms with van der Waals surface area (Å²) in [5.41, 5.74) is 3.33. The van der Waals surface area contributed by atoms with Crippen LogP contribution < -0.4 is 10.6 Å². The monoisotopic (exact) mass is 430 g/mol. The van der Waals surface area contributed by atoms with E-state index in [9.17, 15) is 9.18 Å². The van der Waals surface area contributed by atoms with E-state index in [1.807, 2.05) is 48.5 Å². The van der Waals surface area contributed by atoms with Gasteiger partial charge in [-0.25, -0.2) is 4.39 Å². The van der Waals surface area contributed by atoms with Gasteiger partial charge in [0, 0.05) is 37.6 Å². The van der Waals surface area contributed by atoms with E-state index in [1.54, 1.807) is 30.2 Å². The van der Waals surface area contributed by atoms with Gasteiger partial charge in [0.25, 0.3) is 0 Å². The van der Waals surface area contributed by atoms with Crippen LogP contribution in [0.15, 0.2) is 79.3 Å². The molecule has 4 rings (SSSR count). The molecule has 2 N–H and O–H groups in total. The highest BCUT2D eigenvalue weighted by atomic mass is 19.1. The summed E-state index contributed by atoms with van der Waals surface area (Å²) in [7, 11) is 1.78. The molecule has 0 bridgehead atoms. The van der Waals surface area contributed by atoms with Crippen LogP contribution >= 0.6 is 0 Å². The van der Waals surface area contributed by atoms with Gasteiger partial charge >= 0.3 is 0 Å². The molecule has 0 aliphatic heterocycles. The minimum absolute atomic E-state index is 0.194. The normalized spacial score (nSPS) is 11.8. The molecule has 0 aliphatic rings. The molecular formula is C24H23FN6O. The summed E-state index contributed by atoms with van der Waals surface area (Å²) < 4.78 is 14.8. The Balaban J connectivity index is 1.50. The van der Waals surface area contributed by atoms with Crippen LogP contribution in [0, 0.1) is 5.82 Å². The van der Waals surface area contributed by atoms with Crippen molar-refractivity contribution < 1.29 is 9.18 Å². The van der Waals surface area contributed by atoms with E-state index in [1.165, 1.54) is 12.3 Å². The predicted molar refractivity (Wildman–Crippen MR) is 120 cm³/mol. The first-order chi connectivity index (χ1) is 15.6. The average molecular weight is 430 g/mol. The molecule has 1 atom stereocenters. The van der Waals surface area contributed by atoms with Crippen LogP contribution in [0.3, 0.4) is 0 Å². The number of amides is 1. The van der Waals surface area contributed by atoms with Crippen molar-refractivity contribution in [2.75, 3.05) is 5.32 Å². The van der Waals surface area contributed by atoms with E-state index < -0.39 is 11.9 Å². The van der Waals surface area contributed by atoms with Gasteiger partial charge in [0.1, 0.15) is 11.6 Å². The summed E-state index contributed by atoms with van der Waals surface area (Å²) in [6, 6.07) is 17.7. The number of carbonyl (C=O) groups excluding carboxylic acids is 1.